The number of fused-ring (bicyclic) bond motifs is 1. The van der Waals surface area contributed by atoms with E-state index in [2.05, 4.69) is 25.8 Å². The smallest absolute Gasteiger partial charge is 0.310 e. The molecule has 1 aliphatic rings. The van der Waals surface area contributed by atoms with Crippen LogP contribution in [0.4, 0.5) is 5.69 Å². The van der Waals surface area contributed by atoms with Crippen LogP contribution in [0.5, 0.6) is 0 Å². The number of nitrogens with zero attached hydrogens (tertiary/aromatic N) is 1. The monoisotopic (exact) mass is 273 g/mol. The minimum absolute atomic E-state index is 0.175. The largest absolute Gasteiger partial charge is 0.481 e. The molecule has 1 aliphatic heterocycles. The van der Waals surface area contributed by atoms with Crippen LogP contribution in [-0.4, -0.2) is 16.8 Å². The van der Waals surface area contributed by atoms with Crippen LogP contribution in [0.15, 0.2) is 23.2 Å². The molecule has 108 valence electrons. The molecule has 1 N–H and O–H groups in total. The number of hydrogen-bond acceptors (Lipinski definition) is 2. The van der Waals surface area contributed by atoms with Gasteiger partial charge in [0.2, 0.25) is 0 Å². The summed E-state index contributed by atoms with van der Waals surface area (Å²) < 4.78 is 0. The highest BCUT2D eigenvalue weighted by Crippen LogP contribution is 2.44. The second-order valence-electron chi connectivity index (χ2n) is 6.10. The quantitative estimate of drug-likeness (QED) is 0.862. The Kier molecular flexibility index (Phi) is 3.98. The summed E-state index contributed by atoms with van der Waals surface area (Å²) in [5.74, 6) is -1.16. The molecule has 0 aliphatic carbocycles. The van der Waals surface area contributed by atoms with Crippen molar-refractivity contribution in [3.63, 3.8) is 0 Å². The van der Waals surface area contributed by atoms with Crippen LogP contribution in [0.3, 0.4) is 0 Å². The van der Waals surface area contributed by atoms with Gasteiger partial charge in [-0.25, -0.2) is 0 Å². The molecule has 0 aromatic heterocycles. The van der Waals surface area contributed by atoms with E-state index in [1.807, 2.05) is 25.1 Å². The summed E-state index contributed by atoms with van der Waals surface area (Å²) in [6, 6.07) is 5.87. The number of aliphatic imine (C=N–C) groups is 1. The Balaban J connectivity index is 2.50. The van der Waals surface area contributed by atoms with E-state index in [1.165, 1.54) is 0 Å². The highest BCUT2D eigenvalue weighted by atomic mass is 16.4. The fourth-order valence-corrected chi connectivity index (χ4v) is 2.94. The lowest BCUT2D eigenvalue weighted by atomic mass is 9.76. The lowest BCUT2D eigenvalue weighted by molar-refractivity contribution is -0.139. The second kappa shape index (κ2) is 5.39. The number of carboxylic acid groups (broad SMARTS) is 1. The van der Waals surface area contributed by atoms with Crippen molar-refractivity contribution in [1.82, 2.24) is 0 Å². The third-order valence-corrected chi connectivity index (χ3v) is 4.41. The van der Waals surface area contributed by atoms with Gasteiger partial charge in [-0.05, 0) is 30.5 Å². The number of unbranched alkanes of at least 4 members (excludes halogenated alkanes) is 1. The van der Waals surface area contributed by atoms with Crippen molar-refractivity contribution in [2.75, 3.05) is 0 Å². The zero-order valence-electron chi connectivity index (χ0n) is 12.7. The van der Waals surface area contributed by atoms with E-state index in [0.29, 0.717) is 6.42 Å². The molecule has 1 unspecified atom stereocenters. The predicted octanol–water partition coefficient (Wildman–Crippen LogP) is 4.43. The Morgan fingerprint density at radius 1 is 1.40 bits per heavy atom. The van der Waals surface area contributed by atoms with Crippen LogP contribution in [0.1, 0.15) is 64.0 Å². The van der Waals surface area contributed by atoms with Crippen molar-refractivity contribution < 1.29 is 9.90 Å². The van der Waals surface area contributed by atoms with E-state index >= 15 is 0 Å². The summed E-state index contributed by atoms with van der Waals surface area (Å²) in [5, 5.41) is 9.58. The molecule has 0 amide bonds. The Hall–Kier alpha value is -1.64. The minimum atomic E-state index is -0.729. The maximum absolute atomic E-state index is 11.7. The minimum Gasteiger partial charge on any atom is -0.481 e. The Morgan fingerprint density at radius 3 is 2.70 bits per heavy atom. The molecule has 3 heteroatoms. The van der Waals surface area contributed by atoms with Gasteiger partial charge in [0.15, 0.2) is 0 Å². The summed E-state index contributed by atoms with van der Waals surface area (Å²) in [6.45, 7) is 8.36. The lowest BCUT2D eigenvalue weighted by Gasteiger charge is -2.25. The number of hydrogen-bond donors (Lipinski definition) is 1. The number of carbonyl (C=O) groups is 1. The number of aliphatic carboxylic acids is 1. The maximum Gasteiger partial charge on any atom is 0.310 e. The number of benzene rings is 1. The molecule has 0 spiro atoms. The zero-order chi connectivity index (χ0) is 14.9. The molecule has 0 bridgehead atoms. The van der Waals surface area contributed by atoms with Gasteiger partial charge in [0, 0.05) is 11.1 Å². The van der Waals surface area contributed by atoms with E-state index in [9.17, 15) is 9.90 Å². The predicted molar refractivity (Wildman–Crippen MR) is 82.1 cm³/mol. The SMILES string of the molecule is CCCCC(C(=O)O)c1cccc2c1C(C)(C)C(C)=N2. The standard InChI is InChI=1S/C17H23NO2/c1-5-6-8-13(16(19)20)12-9-7-10-14-15(12)17(3,4)11(2)18-14/h7,9-10,13H,5-6,8H2,1-4H3,(H,19,20). The van der Waals surface area contributed by atoms with E-state index in [4.69, 9.17) is 0 Å². The fourth-order valence-electron chi connectivity index (χ4n) is 2.94. The third-order valence-electron chi connectivity index (χ3n) is 4.41. The molecule has 0 fully saturated rings. The van der Waals surface area contributed by atoms with Crippen LogP contribution in [0.25, 0.3) is 0 Å². The molecule has 0 saturated heterocycles. The molecule has 1 aromatic rings. The summed E-state index contributed by atoms with van der Waals surface area (Å²) in [6.07, 6.45) is 2.63. The average molecular weight is 273 g/mol. The molecule has 0 radical (unpaired) electrons. The summed E-state index contributed by atoms with van der Waals surface area (Å²) >= 11 is 0. The van der Waals surface area contributed by atoms with Gasteiger partial charge in [0.25, 0.3) is 0 Å². The topological polar surface area (TPSA) is 49.7 Å². The third kappa shape index (κ3) is 2.37. The summed E-state index contributed by atoms with van der Waals surface area (Å²) in [7, 11) is 0. The summed E-state index contributed by atoms with van der Waals surface area (Å²) in [5.41, 5.74) is 3.86. The zero-order valence-corrected chi connectivity index (χ0v) is 12.7. The van der Waals surface area contributed by atoms with Crippen LogP contribution in [0.2, 0.25) is 0 Å². The van der Waals surface area contributed by atoms with Crippen molar-refractivity contribution in [2.24, 2.45) is 4.99 Å². The van der Waals surface area contributed by atoms with Gasteiger partial charge in [-0.3, -0.25) is 9.79 Å². The molecule has 0 saturated carbocycles. The van der Waals surface area contributed by atoms with Gasteiger partial charge in [-0.2, -0.15) is 0 Å². The van der Waals surface area contributed by atoms with Gasteiger partial charge in [-0.1, -0.05) is 45.7 Å². The second-order valence-corrected chi connectivity index (χ2v) is 6.10. The van der Waals surface area contributed by atoms with Crippen molar-refractivity contribution in [1.29, 1.82) is 0 Å². The molecule has 1 aromatic carbocycles. The highest BCUT2D eigenvalue weighted by Gasteiger charge is 2.37. The van der Waals surface area contributed by atoms with Crippen molar-refractivity contribution in [3.05, 3.63) is 29.3 Å². The molecule has 1 heterocycles. The molecular weight excluding hydrogens is 250 g/mol. The number of rotatable bonds is 5. The van der Waals surface area contributed by atoms with Gasteiger partial charge >= 0.3 is 5.97 Å². The molecular formula is C17H23NO2. The Bertz CT molecular complexity index is 558. The first kappa shape index (κ1) is 14.8. The van der Waals surface area contributed by atoms with Gasteiger partial charge < -0.3 is 5.11 Å². The molecule has 20 heavy (non-hydrogen) atoms. The van der Waals surface area contributed by atoms with E-state index < -0.39 is 11.9 Å². The van der Waals surface area contributed by atoms with E-state index in [1.54, 1.807) is 0 Å². The molecule has 2 rings (SSSR count). The first-order valence-corrected chi connectivity index (χ1v) is 7.31. The molecule has 1 atom stereocenters. The fraction of sp³-hybridized carbons (Fsp3) is 0.529. The van der Waals surface area contributed by atoms with Gasteiger partial charge in [0.05, 0.1) is 11.6 Å². The van der Waals surface area contributed by atoms with Crippen molar-refractivity contribution in [3.8, 4) is 0 Å². The van der Waals surface area contributed by atoms with Crippen molar-refractivity contribution in [2.45, 2.75) is 58.3 Å². The number of carboxylic acids is 1. The van der Waals surface area contributed by atoms with Crippen LogP contribution in [-0.2, 0) is 10.2 Å². The van der Waals surface area contributed by atoms with E-state index in [-0.39, 0.29) is 5.41 Å². The average Bonchev–Trinajstić information content (AvgIpc) is 2.61. The first-order chi connectivity index (χ1) is 9.39. The Morgan fingerprint density at radius 2 is 2.10 bits per heavy atom. The molecule has 3 nitrogen and oxygen atoms in total. The normalized spacial score (nSPS) is 17.5. The van der Waals surface area contributed by atoms with Gasteiger partial charge in [0.1, 0.15) is 0 Å². The lowest BCUT2D eigenvalue weighted by Crippen LogP contribution is -2.26. The van der Waals surface area contributed by atoms with Crippen LogP contribution >= 0.6 is 0 Å². The summed E-state index contributed by atoms with van der Waals surface area (Å²) in [4.78, 5) is 16.3. The first-order valence-electron chi connectivity index (χ1n) is 7.31. The Labute approximate surface area is 120 Å². The van der Waals surface area contributed by atoms with Crippen LogP contribution in [0, 0.1) is 0 Å². The highest BCUT2D eigenvalue weighted by molar-refractivity contribution is 6.00. The van der Waals surface area contributed by atoms with Crippen LogP contribution < -0.4 is 0 Å². The maximum atomic E-state index is 11.7. The van der Waals surface area contributed by atoms with Crippen molar-refractivity contribution >= 4 is 17.4 Å². The van der Waals surface area contributed by atoms with Gasteiger partial charge in [-0.15, -0.1) is 0 Å². The van der Waals surface area contributed by atoms with E-state index in [0.717, 1.165) is 35.4 Å².